The third-order valence-electron chi connectivity index (χ3n) is 2.65. The third kappa shape index (κ3) is 1.82. The van der Waals surface area contributed by atoms with Crippen LogP contribution in [-0.2, 0) is 0 Å². The average Bonchev–Trinajstić information content (AvgIpc) is 2.96. The van der Waals surface area contributed by atoms with Gasteiger partial charge in [0.05, 0.1) is 9.26 Å². The lowest BCUT2D eigenvalue weighted by Crippen LogP contribution is -2.15. The first-order valence-corrected chi connectivity index (χ1v) is 7.10. The number of rotatable bonds is 2. The van der Waals surface area contributed by atoms with Crippen LogP contribution < -0.4 is 5.56 Å². The molecule has 5 heteroatoms. The Labute approximate surface area is 110 Å². The highest BCUT2D eigenvalue weighted by molar-refractivity contribution is 14.1. The van der Waals surface area contributed by atoms with Crippen molar-refractivity contribution in [2.75, 3.05) is 0 Å². The standard InChI is InChI=1S/C11H9IN2OS/c12-8-9(6-1-2-6)13-10(14-11(8)15)7-3-4-16-5-7/h3-6H,1-2H2,(H,13,14,15). The van der Waals surface area contributed by atoms with E-state index in [1.54, 1.807) is 11.3 Å². The molecule has 3 rings (SSSR count). The molecule has 2 aromatic rings. The molecule has 3 nitrogen and oxygen atoms in total. The molecule has 2 heterocycles. The summed E-state index contributed by atoms with van der Waals surface area (Å²) in [5, 5.41) is 3.99. The number of aromatic nitrogens is 2. The van der Waals surface area contributed by atoms with E-state index in [-0.39, 0.29) is 5.56 Å². The van der Waals surface area contributed by atoms with Crippen molar-refractivity contribution < 1.29 is 0 Å². The van der Waals surface area contributed by atoms with Gasteiger partial charge in [0.2, 0.25) is 0 Å². The normalized spacial score (nSPS) is 15.3. The summed E-state index contributed by atoms with van der Waals surface area (Å²) in [6, 6.07) is 1.98. The van der Waals surface area contributed by atoms with E-state index in [0.717, 1.165) is 27.7 Å². The summed E-state index contributed by atoms with van der Waals surface area (Å²) in [5.41, 5.74) is 1.96. The summed E-state index contributed by atoms with van der Waals surface area (Å²) >= 11 is 3.70. The Morgan fingerprint density at radius 2 is 2.31 bits per heavy atom. The number of halogens is 1. The fourth-order valence-electron chi connectivity index (χ4n) is 1.64. The number of thiophene rings is 1. The molecule has 0 spiro atoms. The topological polar surface area (TPSA) is 45.8 Å². The summed E-state index contributed by atoms with van der Waals surface area (Å²) < 4.78 is 0.749. The smallest absolute Gasteiger partial charge is 0.264 e. The highest BCUT2D eigenvalue weighted by Crippen LogP contribution is 2.40. The van der Waals surface area contributed by atoms with Crippen molar-refractivity contribution in [3.8, 4) is 11.4 Å². The van der Waals surface area contributed by atoms with Gasteiger partial charge in [0, 0.05) is 16.9 Å². The molecule has 0 bridgehead atoms. The molecule has 1 N–H and O–H groups in total. The van der Waals surface area contributed by atoms with E-state index < -0.39 is 0 Å². The van der Waals surface area contributed by atoms with Crippen LogP contribution in [0.4, 0.5) is 0 Å². The molecule has 0 atom stereocenters. The molecule has 0 aromatic carbocycles. The number of H-pyrrole nitrogens is 1. The van der Waals surface area contributed by atoms with Crippen LogP contribution in [0, 0.1) is 3.57 Å². The maximum Gasteiger partial charge on any atom is 0.264 e. The van der Waals surface area contributed by atoms with Crippen molar-refractivity contribution >= 4 is 33.9 Å². The molecule has 0 saturated heterocycles. The first-order chi connectivity index (χ1) is 7.75. The van der Waals surface area contributed by atoms with E-state index in [1.807, 2.05) is 16.8 Å². The Bertz CT molecular complexity index is 572. The van der Waals surface area contributed by atoms with Crippen LogP contribution in [-0.4, -0.2) is 9.97 Å². The van der Waals surface area contributed by atoms with Gasteiger partial charge in [-0.2, -0.15) is 11.3 Å². The Kier molecular flexibility index (Phi) is 2.59. The molecule has 16 heavy (non-hydrogen) atoms. The first kappa shape index (κ1) is 10.5. The molecule has 0 aliphatic heterocycles. The van der Waals surface area contributed by atoms with E-state index in [9.17, 15) is 4.79 Å². The van der Waals surface area contributed by atoms with E-state index >= 15 is 0 Å². The van der Waals surface area contributed by atoms with E-state index in [2.05, 4.69) is 32.6 Å². The van der Waals surface area contributed by atoms with Gasteiger partial charge in [-0.15, -0.1) is 0 Å². The minimum atomic E-state index is -0.0151. The highest BCUT2D eigenvalue weighted by Gasteiger charge is 2.28. The number of hydrogen-bond acceptors (Lipinski definition) is 3. The van der Waals surface area contributed by atoms with Crippen LogP contribution in [0.5, 0.6) is 0 Å². The SMILES string of the molecule is O=c1[nH]c(-c2ccsc2)nc(C2CC2)c1I. The van der Waals surface area contributed by atoms with Gasteiger partial charge in [-0.25, -0.2) is 4.98 Å². The van der Waals surface area contributed by atoms with Crippen molar-refractivity contribution in [1.29, 1.82) is 0 Å². The van der Waals surface area contributed by atoms with Crippen LogP contribution in [0.2, 0.25) is 0 Å². The molecular weight excluding hydrogens is 335 g/mol. The summed E-state index contributed by atoms with van der Waals surface area (Å²) in [5.74, 6) is 1.21. The van der Waals surface area contributed by atoms with E-state index in [1.165, 1.54) is 0 Å². The maximum atomic E-state index is 11.8. The van der Waals surface area contributed by atoms with E-state index in [4.69, 9.17) is 0 Å². The van der Waals surface area contributed by atoms with Crippen molar-refractivity contribution in [1.82, 2.24) is 9.97 Å². The Balaban J connectivity index is 2.17. The fourth-order valence-corrected chi connectivity index (χ4v) is 2.98. The highest BCUT2D eigenvalue weighted by atomic mass is 127. The predicted molar refractivity (Wildman–Crippen MR) is 72.9 cm³/mol. The molecule has 82 valence electrons. The Morgan fingerprint density at radius 1 is 1.50 bits per heavy atom. The summed E-state index contributed by atoms with van der Waals surface area (Å²) in [4.78, 5) is 19.2. The van der Waals surface area contributed by atoms with Crippen molar-refractivity contribution in [3.05, 3.63) is 36.4 Å². The Morgan fingerprint density at radius 3 is 2.94 bits per heavy atom. The molecule has 0 radical (unpaired) electrons. The van der Waals surface area contributed by atoms with Gasteiger partial charge in [0.25, 0.3) is 5.56 Å². The van der Waals surface area contributed by atoms with Gasteiger partial charge >= 0.3 is 0 Å². The van der Waals surface area contributed by atoms with Crippen LogP contribution >= 0.6 is 33.9 Å². The zero-order valence-electron chi connectivity index (χ0n) is 8.37. The molecule has 0 amide bonds. The second-order valence-electron chi connectivity index (χ2n) is 3.90. The summed E-state index contributed by atoms with van der Waals surface area (Å²) in [6.45, 7) is 0. The number of nitrogens with one attached hydrogen (secondary N) is 1. The van der Waals surface area contributed by atoms with Crippen LogP contribution in [0.25, 0.3) is 11.4 Å². The quantitative estimate of drug-likeness (QED) is 0.852. The van der Waals surface area contributed by atoms with Crippen LogP contribution in [0.15, 0.2) is 21.6 Å². The molecule has 0 unspecified atom stereocenters. The second-order valence-corrected chi connectivity index (χ2v) is 5.76. The van der Waals surface area contributed by atoms with Crippen molar-refractivity contribution in [3.63, 3.8) is 0 Å². The second kappa shape index (κ2) is 3.96. The van der Waals surface area contributed by atoms with Gasteiger partial charge in [-0.05, 0) is 46.9 Å². The first-order valence-electron chi connectivity index (χ1n) is 5.08. The number of aromatic amines is 1. The third-order valence-corrected chi connectivity index (χ3v) is 4.37. The lowest BCUT2D eigenvalue weighted by molar-refractivity contribution is 0.959. The minimum absolute atomic E-state index is 0.0151. The average molecular weight is 344 g/mol. The molecule has 1 fully saturated rings. The van der Waals surface area contributed by atoms with Crippen molar-refractivity contribution in [2.24, 2.45) is 0 Å². The molecule has 1 aliphatic carbocycles. The largest absolute Gasteiger partial charge is 0.306 e. The number of nitrogens with zero attached hydrogens (tertiary/aromatic N) is 1. The van der Waals surface area contributed by atoms with Gasteiger partial charge in [-0.3, -0.25) is 4.79 Å². The van der Waals surface area contributed by atoms with Gasteiger partial charge in [0.15, 0.2) is 0 Å². The molecule has 1 saturated carbocycles. The predicted octanol–water partition coefficient (Wildman–Crippen LogP) is 2.98. The number of hydrogen-bond donors (Lipinski definition) is 1. The van der Waals surface area contributed by atoms with Crippen molar-refractivity contribution in [2.45, 2.75) is 18.8 Å². The molecule has 1 aliphatic rings. The van der Waals surface area contributed by atoms with Crippen LogP contribution in [0.1, 0.15) is 24.5 Å². The fraction of sp³-hybridized carbons (Fsp3) is 0.273. The lowest BCUT2D eigenvalue weighted by atomic mass is 10.2. The zero-order valence-corrected chi connectivity index (χ0v) is 11.3. The monoisotopic (exact) mass is 344 g/mol. The van der Waals surface area contributed by atoms with Gasteiger partial charge in [0.1, 0.15) is 5.82 Å². The van der Waals surface area contributed by atoms with Gasteiger partial charge < -0.3 is 4.98 Å². The summed E-state index contributed by atoms with van der Waals surface area (Å²) in [7, 11) is 0. The maximum absolute atomic E-state index is 11.8. The van der Waals surface area contributed by atoms with E-state index in [0.29, 0.717) is 11.7 Å². The lowest BCUT2D eigenvalue weighted by Gasteiger charge is -2.04. The van der Waals surface area contributed by atoms with Crippen LogP contribution in [0.3, 0.4) is 0 Å². The Hall–Kier alpha value is -0.690. The zero-order chi connectivity index (χ0) is 11.1. The molecule has 2 aromatic heterocycles. The molecular formula is C11H9IN2OS. The minimum Gasteiger partial charge on any atom is -0.306 e. The van der Waals surface area contributed by atoms with Gasteiger partial charge in [-0.1, -0.05) is 0 Å². The summed E-state index contributed by atoms with van der Waals surface area (Å²) in [6.07, 6.45) is 2.32.